The quantitative estimate of drug-likeness (QED) is 0.661. The highest BCUT2D eigenvalue weighted by atomic mass is 16.2. The van der Waals surface area contributed by atoms with Gasteiger partial charge in [0.25, 0.3) is 0 Å². The van der Waals surface area contributed by atoms with Crippen LogP contribution in [0, 0.1) is 6.92 Å². The molecule has 1 aromatic rings. The normalized spacial score (nSPS) is 8.62. The van der Waals surface area contributed by atoms with Gasteiger partial charge in [-0.05, 0) is 25.0 Å². The Kier molecular flexibility index (Phi) is 5.40. The maximum absolute atomic E-state index is 8.12. The second-order valence-electron chi connectivity index (χ2n) is 2.94. The molecule has 1 heterocycles. The van der Waals surface area contributed by atoms with E-state index in [0.717, 1.165) is 5.69 Å². The molecule has 0 amide bonds. The molecule has 0 N–H and O–H groups in total. The lowest BCUT2D eigenvalue weighted by Crippen LogP contribution is -1.92. The number of carbonyl (C=O) groups excluding carboxylic acids is 2. The van der Waals surface area contributed by atoms with Crippen molar-refractivity contribution in [2.24, 2.45) is 0 Å². The van der Waals surface area contributed by atoms with Crippen molar-refractivity contribution >= 4 is 6.15 Å². The van der Waals surface area contributed by atoms with Gasteiger partial charge in [-0.1, -0.05) is 19.9 Å². The molecule has 3 nitrogen and oxygen atoms in total. The molecule has 1 rings (SSSR count). The summed E-state index contributed by atoms with van der Waals surface area (Å²) < 4.78 is 0. The van der Waals surface area contributed by atoms with E-state index < -0.39 is 0 Å². The Morgan fingerprint density at radius 3 is 2.15 bits per heavy atom. The molecule has 0 fully saturated rings. The molecule has 0 aliphatic carbocycles. The summed E-state index contributed by atoms with van der Waals surface area (Å²) in [5.74, 6) is 0.542. The van der Waals surface area contributed by atoms with E-state index in [0.29, 0.717) is 5.92 Å². The number of hydrogen-bond donors (Lipinski definition) is 0. The first-order valence-electron chi connectivity index (χ1n) is 4.04. The molecule has 0 saturated carbocycles. The van der Waals surface area contributed by atoms with Crippen molar-refractivity contribution in [2.75, 3.05) is 0 Å². The lowest BCUT2D eigenvalue weighted by atomic mass is 10.1. The monoisotopic (exact) mass is 179 g/mol. The van der Waals surface area contributed by atoms with E-state index in [-0.39, 0.29) is 6.15 Å². The fraction of sp³-hybridized carbons (Fsp3) is 0.400. The van der Waals surface area contributed by atoms with E-state index in [1.165, 1.54) is 5.69 Å². The van der Waals surface area contributed by atoms with Crippen LogP contribution in [0.5, 0.6) is 0 Å². The molecule has 0 atom stereocenters. The zero-order valence-electron chi connectivity index (χ0n) is 8.07. The second kappa shape index (κ2) is 6.09. The minimum absolute atomic E-state index is 0.250. The maximum Gasteiger partial charge on any atom is 0.373 e. The Hall–Kier alpha value is -1.47. The number of aromatic nitrogens is 1. The van der Waals surface area contributed by atoms with Crippen molar-refractivity contribution < 1.29 is 9.59 Å². The summed E-state index contributed by atoms with van der Waals surface area (Å²) in [6.45, 7) is 6.33. The van der Waals surface area contributed by atoms with Gasteiger partial charge in [-0.3, -0.25) is 4.98 Å². The largest absolute Gasteiger partial charge is 0.373 e. The van der Waals surface area contributed by atoms with Crippen LogP contribution < -0.4 is 0 Å². The van der Waals surface area contributed by atoms with Gasteiger partial charge in [0.2, 0.25) is 0 Å². The van der Waals surface area contributed by atoms with Crippen LogP contribution in [0.25, 0.3) is 0 Å². The number of hydrogen-bond acceptors (Lipinski definition) is 3. The topological polar surface area (TPSA) is 47.0 Å². The first kappa shape index (κ1) is 11.5. The highest BCUT2D eigenvalue weighted by Gasteiger charge is 1.97. The number of rotatable bonds is 1. The minimum atomic E-state index is 0.250. The zero-order chi connectivity index (χ0) is 10.3. The van der Waals surface area contributed by atoms with E-state index in [9.17, 15) is 0 Å². The lowest BCUT2D eigenvalue weighted by Gasteiger charge is -2.03. The van der Waals surface area contributed by atoms with Crippen LogP contribution >= 0.6 is 0 Å². The Morgan fingerprint density at radius 1 is 1.31 bits per heavy atom. The SMILES string of the molecule is Cc1cccc(C(C)C)n1.O=C=O. The van der Waals surface area contributed by atoms with Crippen LogP contribution in [-0.4, -0.2) is 11.1 Å². The Balaban J connectivity index is 0.000000424. The summed E-state index contributed by atoms with van der Waals surface area (Å²) in [5, 5.41) is 0. The molecular formula is C10H13NO2. The van der Waals surface area contributed by atoms with Gasteiger partial charge < -0.3 is 0 Å². The molecule has 0 aromatic carbocycles. The van der Waals surface area contributed by atoms with E-state index in [4.69, 9.17) is 9.59 Å². The first-order chi connectivity index (χ1) is 6.11. The third-order valence-corrected chi connectivity index (χ3v) is 1.50. The van der Waals surface area contributed by atoms with Crippen LogP contribution in [-0.2, 0) is 9.59 Å². The summed E-state index contributed by atoms with van der Waals surface area (Å²) in [5.41, 5.74) is 2.28. The minimum Gasteiger partial charge on any atom is -0.258 e. The summed E-state index contributed by atoms with van der Waals surface area (Å²) in [7, 11) is 0. The van der Waals surface area contributed by atoms with Gasteiger partial charge in [-0.15, -0.1) is 0 Å². The summed E-state index contributed by atoms with van der Waals surface area (Å²) in [4.78, 5) is 20.6. The van der Waals surface area contributed by atoms with Gasteiger partial charge in [0, 0.05) is 11.4 Å². The van der Waals surface area contributed by atoms with Crippen LogP contribution in [0.15, 0.2) is 18.2 Å². The van der Waals surface area contributed by atoms with Crippen molar-refractivity contribution in [3.05, 3.63) is 29.6 Å². The summed E-state index contributed by atoms with van der Waals surface area (Å²) in [6, 6.07) is 6.14. The molecule has 0 radical (unpaired) electrons. The molecule has 70 valence electrons. The molecule has 0 aliphatic rings. The van der Waals surface area contributed by atoms with Gasteiger partial charge in [0.1, 0.15) is 0 Å². The van der Waals surface area contributed by atoms with Crippen molar-refractivity contribution in [2.45, 2.75) is 26.7 Å². The van der Waals surface area contributed by atoms with Gasteiger partial charge in [0.15, 0.2) is 0 Å². The van der Waals surface area contributed by atoms with Gasteiger partial charge in [-0.25, -0.2) is 0 Å². The van der Waals surface area contributed by atoms with Gasteiger partial charge >= 0.3 is 6.15 Å². The average Bonchev–Trinajstić information content (AvgIpc) is 2.05. The van der Waals surface area contributed by atoms with E-state index in [2.05, 4.69) is 31.0 Å². The van der Waals surface area contributed by atoms with Gasteiger partial charge in [0.05, 0.1) is 0 Å². The van der Waals surface area contributed by atoms with E-state index in [1.807, 2.05) is 13.0 Å². The van der Waals surface area contributed by atoms with E-state index in [1.54, 1.807) is 0 Å². The fourth-order valence-corrected chi connectivity index (χ4v) is 0.886. The molecular weight excluding hydrogens is 166 g/mol. The smallest absolute Gasteiger partial charge is 0.258 e. The van der Waals surface area contributed by atoms with Crippen LogP contribution in [0.4, 0.5) is 0 Å². The predicted molar refractivity (Wildman–Crippen MR) is 48.1 cm³/mol. The standard InChI is InChI=1S/C9H13N.CO2/c1-7(2)9-6-4-5-8(3)10-9;2-1-3/h4-7H,1-3H3;. The number of nitrogens with zero attached hydrogens (tertiary/aromatic N) is 1. The molecule has 0 spiro atoms. The number of pyridine rings is 1. The third-order valence-electron chi connectivity index (χ3n) is 1.50. The average molecular weight is 179 g/mol. The van der Waals surface area contributed by atoms with Crippen LogP contribution in [0.2, 0.25) is 0 Å². The van der Waals surface area contributed by atoms with Gasteiger partial charge in [-0.2, -0.15) is 9.59 Å². The van der Waals surface area contributed by atoms with Crippen molar-refractivity contribution in [1.82, 2.24) is 4.98 Å². The van der Waals surface area contributed by atoms with Crippen molar-refractivity contribution in [1.29, 1.82) is 0 Å². The fourth-order valence-electron chi connectivity index (χ4n) is 0.886. The maximum atomic E-state index is 8.12. The zero-order valence-corrected chi connectivity index (χ0v) is 8.07. The molecule has 3 heteroatoms. The first-order valence-corrected chi connectivity index (χ1v) is 4.04. The highest BCUT2D eigenvalue weighted by molar-refractivity contribution is 5.20. The Labute approximate surface area is 77.8 Å². The summed E-state index contributed by atoms with van der Waals surface area (Å²) >= 11 is 0. The number of aryl methyl sites for hydroxylation is 1. The van der Waals surface area contributed by atoms with Crippen LogP contribution in [0.3, 0.4) is 0 Å². The van der Waals surface area contributed by atoms with Crippen molar-refractivity contribution in [3.63, 3.8) is 0 Å². The van der Waals surface area contributed by atoms with Crippen molar-refractivity contribution in [3.8, 4) is 0 Å². The molecule has 0 unspecified atom stereocenters. The third kappa shape index (κ3) is 4.88. The van der Waals surface area contributed by atoms with Crippen LogP contribution in [0.1, 0.15) is 31.2 Å². The molecule has 0 saturated heterocycles. The predicted octanol–water partition coefficient (Wildman–Crippen LogP) is 1.93. The Bertz CT molecular complexity index is 289. The molecule has 0 bridgehead atoms. The summed E-state index contributed by atoms with van der Waals surface area (Å²) in [6.07, 6.45) is 0.250. The Morgan fingerprint density at radius 2 is 1.85 bits per heavy atom. The lowest BCUT2D eigenvalue weighted by molar-refractivity contribution is -0.191. The van der Waals surface area contributed by atoms with E-state index >= 15 is 0 Å². The molecule has 13 heavy (non-hydrogen) atoms. The second-order valence-corrected chi connectivity index (χ2v) is 2.94. The molecule has 1 aromatic heterocycles. The highest BCUT2D eigenvalue weighted by Crippen LogP contribution is 2.10. The molecule has 0 aliphatic heterocycles.